The van der Waals surface area contributed by atoms with Crippen LogP contribution in [0.3, 0.4) is 0 Å². The standard InChI is InChI=1S/C25H32N6O5/c1-17-15-26-21-20(17)22(28-16-27-21)31-10-8-25(9-11-31,35-13-12-34-4)23(32)29-18-6-5-7-19(14-18)36-24(33)30(2)3/h5-7,14-16H,8-13H2,1-4H3,(H,29,32)(H,26,27,28). The van der Waals surface area contributed by atoms with Crippen molar-refractivity contribution in [2.24, 2.45) is 0 Å². The lowest BCUT2D eigenvalue weighted by atomic mass is 9.89. The summed E-state index contributed by atoms with van der Waals surface area (Å²) in [6.45, 7) is 3.85. The molecule has 0 atom stereocenters. The fourth-order valence-corrected chi connectivity index (χ4v) is 4.25. The molecule has 3 aromatic rings. The van der Waals surface area contributed by atoms with Crippen LogP contribution in [0.15, 0.2) is 36.8 Å². The smallest absolute Gasteiger partial charge is 0.410 e. The second-order valence-electron chi connectivity index (χ2n) is 8.96. The molecule has 4 rings (SSSR count). The number of H-pyrrole nitrogens is 1. The molecule has 0 radical (unpaired) electrons. The number of carbonyl (C=O) groups is 2. The molecule has 11 heteroatoms. The van der Waals surface area contributed by atoms with Gasteiger partial charge in [-0.2, -0.15) is 0 Å². The van der Waals surface area contributed by atoms with Crippen molar-refractivity contribution in [2.75, 3.05) is 57.7 Å². The average molecular weight is 497 g/mol. The summed E-state index contributed by atoms with van der Waals surface area (Å²) in [5.41, 5.74) is 1.34. The Hall–Kier alpha value is -3.70. The van der Waals surface area contributed by atoms with Crippen LogP contribution in [0.25, 0.3) is 11.0 Å². The molecule has 1 aliphatic rings. The van der Waals surface area contributed by atoms with Gasteiger partial charge in [-0.3, -0.25) is 4.79 Å². The fraction of sp³-hybridized carbons (Fsp3) is 0.440. The maximum Gasteiger partial charge on any atom is 0.414 e. The van der Waals surface area contributed by atoms with Crippen LogP contribution in [0, 0.1) is 6.92 Å². The fourth-order valence-electron chi connectivity index (χ4n) is 4.25. The van der Waals surface area contributed by atoms with Crippen molar-refractivity contribution in [3.05, 3.63) is 42.4 Å². The van der Waals surface area contributed by atoms with Crippen molar-refractivity contribution in [1.29, 1.82) is 0 Å². The molecule has 1 aromatic carbocycles. The molecule has 3 heterocycles. The minimum atomic E-state index is -1.04. The molecule has 1 saturated heterocycles. The third kappa shape index (κ3) is 5.42. The van der Waals surface area contributed by atoms with E-state index in [1.807, 2.05) is 13.1 Å². The number of hydrogen-bond donors (Lipinski definition) is 2. The van der Waals surface area contributed by atoms with Crippen molar-refractivity contribution in [3.63, 3.8) is 0 Å². The second kappa shape index (κ2) is 10.9. The number of carbonyl (C=O) groups excluding carboxylic acids is 2. The van der Waals surface area contributed by atoms with Crippen LogP contribution in [0.5, 0.6) is 5.75 Å². The topological polar surface area (TPSA) is 122 Å². The van der Waals surface area contributed by atoms with Crippen LogP contribution in [0.2, 0.25) is 0 Å². The van der Waals surface area contributed by atoms with E-state index in [1.165, 1.54) is 4.90 Å². The maximum absolute atomic E-state index is 13.6. The zero-order valence-corrected chi connectivity index (χ0v) is 21.0. The first kappa shape index (κ1) is 25.4. The van der Waals surface area contributed by atoms with Gasteiger partial charge in [0, 0.05) is 65.1 Å². The number of anilines is 2. The predicted octanol–water partition coefficient (Wildman–Crippen LogP) is 2.97. The maximum atomic E-state index is 13.6. The third-order valence-corrected chi connectivity index (χ3v) is 6.26. The number of benzene rings is 1. The van der Waals surface area contributed by atoms with Gasteiger partial charge in [0.05, 0.1) is 18.6 Å². The quantitative estimate of drug-likeness (QED) is 0.457. The van der Waals surface area contributed by atoms with Gasteiger partial charge in [0.15, 0.2) is 0 Å². The molecule has 2 N–H and O–H groups in total. The van der Waals surface area contributed by atoms with Gasteiger partial charge in [0.2, 0.25) is 0 Å². The third-order valence-electron chi connectivity index (χ3n) is 6.26. The molecule has 1 aliphatic heterocycles. The lowest BCUT2D eigenvalue weighted by Gasteiger charge is -2.41. The normalized spacial score (nSPS) is 15.1. The summed E-state index contributed by atoms with van der Waals surface area (Å²) in [6.07, 6.45) is 3.90. The van der Waals surface area contributed by atoms with Gasteiger partial charge in [-0.15, -0.1) is 0 Å². The molecule has 0 unspecified atom stereocenters. The molecule has 0 aliphatic carbocycles. The van der Waals surface area contributed by atoms with Crippen molar-refractivity contribution >= 4 is 34.5 Å². The van der Waals surface area contributed by atoms with Gasteiger partial charge in [-0.05, 0) is 24.6 Å². The highest BCUT2D eigenvalue weighted by Gasteiger charge is 2.43. The number of ether oxygens (including phenoxy) is 3. The van der Waals surface area contributed by atoms with E-state index in [0.717, 1.165) is 22.4 Å². The van der Waals surface area contributed by atoms with E-state index in [9.17, 15) is 9.59 Å². The highest BCUT2D eigenvalue weighted by Crippen LogP contribution is 2.33. The zero-order chi connectivity index (χ0) is 25.7. The number of nitrogens with zero attached hydrogens (tertiary/aromatic N) is 4. The Labute approximate surface area is 209 Å². The summed E-state index contributed by atoms with van der Waals surface area (Å²) in [4.78, 5) is 41.0. The summed E-state index contributed by atoms with van der Waals surface area (Å²) < 4.78 is 16.6. The zero-order valence-electron chi connectivity index (χ0n) is 21.0. The predicted molar refractivity (Wildman–Crippen MR) is 135 cm³/mol. The number of aryl methyl sites for hydroxylation is 1. The molecule has 11 nitrogen and oxygen atoms in total. The minimum Gasteiger partial charge on any atom is -0.410 e. The van der Waals surface area contributed by atoms with Crippen molar-refractivity contribution < 1.29 is 23.8 Å². The summed E-state index contributed by atoms with van der Waals surface area (Å²) in [5.74, 6) is 0.936. The van der Waals surface area contributed by atoms with Gasteiger partial charge in [-0.1, -0.05) is 6.07 Å². The number of rotatable bonds is 8. The number of fused-ring (bicyclic) bond motifs is 1. The van der Waals surface area contributed by atoms with E-state index >= 15 is 0 Å². The van der Waals surface area contributed by atoms with Crippen LogP contribution >= 0.6 is 0 Å². The molecule has 0 bridgehead atoms. The van der Waals surface area contributed by atoms with Crippen LogP contribution in [0.4, 0.5) is 16.3 Å². The van der Waals surface area contributed by atoms with E-state index < -0.39 is 11.7 Å². The molecule has 2 aromatic heterocycles. The van der Waals surface area contributed by atoms with Crippen LogP contribution in [-0.2, 0) is 14.3 Å². The lowest BCUT2D eigenvalue weighted by Crippen LogP contribution is -2.54. The highest BCUT2D eigenvalue weighted by molar-refractivity contribution is 5.98. The number of nitrogens with one attached hydrogen (secondary N) is 2. The van der Waals surface area contributed by atoms with Crippen LogP contribution < -0.4 is 15.0 Å². The van der Waals surface area contributed by atoms with Gasteiger partial charge in [-0.25, -0.2) is 14.8 Å². The molecular weight excluding hydrogens is 464 g/mol. The van der Waals surface area contributed by atoms with Crippen LogP contribution in [0.1, 0.15) is 18.4 Å². The molecule has 0 spiro atoms. The Kier molecular flexibility index (Phi) is 7.70. The number of aromatic amines is 1. The first-order valence-electron chi connectivity index (χ1n) is 11.8. The Morgan fingerprint density at radius 1 is 1.19 bits per heavy atom. The molecular formula is C25H32N6O5. The Bertz CT molecular complexity index is 1220. The molecule has 1 fully saturated rings. The largest absolute Gasteiger partial charge is 0.414 e. The number of methoxy groups -OCH3 is 1. The summed E-state index contributed by atoms with van der Waals surface area (Å²) in [6, 6.07) is 6.74. The van der Waals surface area contributed by atoms with E-state index in [4.69, 9.17) is 14.2 Å². The van der Waals surface area contributed by atoms with Gasteiger partial charge in [0.1, 0.15) is 29.1 Å². The number of aromatic nitrogens is 3. The summed E-state index contributed by atoms with van der Waals surface area (Å²) >= 11 is 0. The molecule has 0 saturated carbocycles. The summed E-state index contributed by atoms with van der Waals surface area (Å²) in [7, 11) is 4.80. The van der Waals surface area contributed by atoms with Gasteiger partial charge >= 0.3 is 6.09 Å². The average Bonchev–Trinajstić information content (AvgIpc) is 3.25. The first-order chi connectivity index (χ1) is 17.3. The van der Waals surface area contributed by atoms with E-state index in [-0.39, 0.29) is 5.91 Å². The van der Waals surface area contributed by atoms with Gasteiger partial charge < -0.3 is 34.3 Å². The van der Waals surface area contributed by atoms with E-state index in [0.29, 0.717) is 50.6 Å². The monoisotopic (exact) mass is 496 g/mol. The highest BCUT2D eigenvalue weighted by atomic mass is 16.6. The van der Waals surface area contributed by atoms with Crippen molar-refractivity contribution in [2.45, 2.75) is 25.4 Å². The minimum absolute atomic E-state index is 0.250. The molecule has 36 heavy (non-hydrogen) atoms. The summed E-state index contributed by atoms with van der Waals surface area (Å²) in [5, 5.41) is 3.94. The molecule has 192 valence electrons. The van der Waals surface area contributed by atoms with Crippen molar-refractivity contribution in [1.82, 2.24) is 19.9 Å². The van der Waals surface area contributed by atoms with E-state index in [2.05, 4.69) is 25.2 Å². The number of amides is 2. The van der Waals surface area contributed by atoms with Crippen molar-refractivity contribution in [3.8, 4) is 5.75 Å². The Balaban J connectivity index is 1.50. The number of hydrogen-bond acceptors (Lipinski definition) is 8. The second-order valence-corrected chi connectivity index (χ2v) is 8.96. The van der Waals surface area contributed by atoms with Gasteiger partial charge in [0.25, 0.3) is 5.91 Å². The first-order valence-corrected chi connectivity index (χ1v) is 11.8. The van der Waals surface area contributed by atoms with Crippen LogP contribution in [-0.4, -0.2) is 85.0 Å². The Morgan fingerprint density at radius 2 is 1.97 bits per heavy atom. The lowest BCUT2D eigenvalue weighted by molar-refractivity contribution is -0.146. The number of piperidine rings is 1. The SMILES string of the molecule is COCCOC1(C(=O)Nc2cccc(OC(=O)N(C)C)c2)CCN(c2ncnc3[nH]cc(C)c23)CC1. The Morgan fingerprint density at radius 3 is 2.69 bits per heavy atom. The molecule has 2 amide bonds. The van der Waals surface area contributed by atoms with E-state index in [1.54, 1.807) is 51.8 Å².